The molecule has 1 saturated heterocycles. The number of ether oxygens (including phenoxy) is 1. The highest BCUT2D eigenvalue weighted by Gasteiger charge is 2.26. The van der Waals surface area contributed by atoms with Gasteiger partial charge in [-0.1, -0.05) is 6.92 Å². The van der Waals surface area contributed by atoms with Crippen molar-refractivity contribution in [3.05, 3.63) is 17.5 Å². The third kappa shape index (κ3) is 3.33. The van der Waals surface area contributed by atoms with Crippen molar-refractivity contribution in [2.24, 2.45) is 5.41 Å². The van der Waals surface area contributed by atoms with Crippen LogP contribution in [-0.2, 0) is 17.8 Å². The molecule has 0 spiro atoms. The highest BCUT2D eigenvalue weighted by molar-refractivity contribution is 5.08. The third-order valence-electron chi connectivity index (χ3n) is 3.84. The van der Waals surface area contributed by atoms with Crippen molar-refractivity contribution in [2.75, 3.05) is 19.8 Å². The molecule has 2 heterocycles. The number of aryl methyl sites for hydroxylation is 2. The molecule has 1 N–H and O–H groups in total. The largest absolute Gasteiger partial charge is 0.381 e. The zero-order chi connectivity index (χ0) is 13.0. The van der Waals surface area contributed by atoms with Crippen LogP contribution in [-0.4, -0.2) is 29.5 Å². The lowest BCUT2D eigenvalue weighted by molar-refractivity contribution is 0.0239. The van der Waals surface area contributed by atoms with Gasteiger partial charge in [0.1, 0.15) is 0 Å². The van der Waals surface area contributed by atoms with Crippen LogP contribution in [0.2, 0.25) is 0 Å². The molecule has 0 radical (unpaired) electrons. The highest BCUT2D eigenvalue weighted by Crippen LogP contribution is 2.28. The summed E-state index contributed by atoms with van der Waals surface area (Å²) in [6, 6.07) is 2.17. The van der Waals surface area contributed by atoms with E-state index in [4.69, 9.17) is 4.74 Å². The van der Waals surface area contributed by atoms with Gasteiger partial charge in [-0.3, -0.25) is 4.68 Å². The van der Waals surface area contributed by atoms with E-state index < -0.39 is 0 Å². The SMILES string of the molecule is CCn1nc(C)cc1CNCC1(C)CCOCC1. The number of aromatic nitrogens is 2. The molecule has 1 aliphatic heterocycles. The van der Waals surface area contributed by atoms with Crippen LogP contribution in [0, 0.1) is 12.3 Å². The van der Waals surface area contributed by atoms with Crippen molar-refractivity contribution in [3.8, 4) is 0 Å². The normalized spacial score (nSPS) is 19.1. The van der Waals surface area contributed by atoms with E-state index in [0.29, 0.717) is 5.41 Å². The fraction of sp³-hybridized carbons (Fsp3) is 0.786. The lowest BCUT2D eigenvalue weighted by atomic mass is 9.82. The van der Waals surface area contributed by atoms with Crippen molar-refractivity contribution in [1.82, 2.24) is 15.1 Å². The van der Waals surface area contributed by atoms with E-state index >= 15 is 0 Å². The molecule has 1 aliphatic rings. The Labute approximate surface area is 110 Å². The molecule has 0 aromatic carbocycles. The number of rotatable bonds is 5. The molecular weight excluding hydrogens is 226 g/mol. The van der Waals surface area contributed by atoms with E-state index in [0.717, 1.165) is 51.4 Å². The van der Waals surface area contributed by atoms with E-state index in [1.54, 1.807) is 0 Å². The first-order valence-electron chi connectivity index (χ1n) is 6.95. The van der Waals surface area contributed by atoms with E-state index in [-0.39, 0.29) is 0 Å². The fourth-order valence-electron chi connectivity index (χ4n) is 2.55. The predicted molar refractivity (Wildman–Crippen MR) is 72.5 cm³/mol. The number of nitrogens with zero attached hydrogens (tertiary/aromatic N) is 2. The average Bonchev–Trinajstić information content (AvgIpc) is 2.70. The number of hydrogen-bond acceptors (Lipinski definition) is 3. The van der Waals surface area contributed by atoms with Crippen molar-refractivity contribution < 1.29 is 4.74 Å². The zero-order valence-electron chi connectivity index (χ0n) is 11.8. The molecular formula is C14H25N3O. The third-order valence-corrected chi connectivity index (χ3v) is 3.84. The van der Waals surface area contributed by atoms with Gasteiger partial charge in [0, 0.05) is 32.8 Å². The Morgan fingerprint density at radius 2 is 2.17 bits per heavy atom. The average molecular weight is 251 g/mol. The summed E-state index contributed by atoms with van der Waals surface area (Å²) in [5.41, 5.74) is 2.78. The van der Waals surface area contributed by atoms with Gasteiger partial charge in [0.15, 0.2) is 0 Å². The maximum atomic E-state index is 5.43. The Balaban J connectivity index is 1.84. The van der Waals surface area contributed by atoms with E-state index in [1.807, 2.05) is 0 Å². The second-order valence-corrected chi connectivity index (χ2v) is 5.62. The molecule has 0 bridgehead atoms. The molecule has 0 saturated carbocycles. The summed E-state index contributed by atoms with van der Waals surface area (Å²) in [4.78, 5) is 0. The van der Waals surface area contributed by atoms with Crippen molar-refractivity contribution in [3.63, 3.8) is 0 Å². The van der Waals surface area contributed by atoms with Crippen LogP contribution in [0.5, 0.6) is 0 Å². The van der Waals surface area contributed by atoms with Gasteiger partial charge < -0.3 is 10.1 Å². The van der Waals surface area contributed by atoms with Gasteiger partial charge >= 0.3 is 0 Å². The minimum absolute atomic E-state index is 0.393. The smallest absolute Gasteiger partial charge is 0.0597 e. The van der Waals surface area contributed by atoms with E-state index in [2.05, 4.69) is 41.9 Å². The maximum absolute atomic E-state index is 5.43. The van der Waals surface area contributed by atoms with Crippen LogP contribution in [0.3, 0.4) is 0 Å². The molecule has 18 heavy (non-hydrogen) atoms. The molecule has 0 unspecified atom stereocenters. The molecule has 1 fully saturated rings. The fourth-order valence-corrected chi connectivity index (χ4v) is 2.55. The first kappa shape index (κ1) is 13.6. The molecule has 2 rings (SSSR count). The lowest BCUT2D eigenvalue weighted by Crippen LogP contribution is -2.36. The van der Waals surface area contributed by atoms with Crippen molar-refractivity contribution >= 4 is 0 Å². The summed E-state index contributed by atoms with van der Waals surface area (Å²) in [5, 5.41) is 8.05. The van der Waals surface area contributed by atoms with Gasteiger partial charge in [-0.15, -0.1) is 0 Å². The molecule has 0 atom stereocenters. The Kier molecular flexibility index (Phi) is 4.40. The standard InChI is InChI=1S/C14H25N3O/c1-4-17-13(9-12(2)16-17)10-15-11-14(3)5-7-18-8-6-14/h9,15H,4-8,10-11H2,1-3H3. The second kappa shape index (κ2) is 5.85. The van der Waals surface area contributed by atoms with Gasteiger partial charge in [0.25, 0.3) is 0 Å². The van der Waals surface area contributed by atoms with Crippen LogP contribution >= 0.6 is 0 Å². The molecule has 0 aliphatic carbocycles. The molecule has 4 nitrogen and oxygen atoms in total. The monoisotopic (exact) mass is 251 g/mol. The molecule has 1 aromatic rings. The molecule has 0 amide bonds. The Bertz CT molecular complexity index is 380. The minimum Gasteiger partial charge on any atom is -0.381 e. The van der Waals surface area contributed by atoms with E-state index in [1.165, 1.54) is 5.69 Å². The van der Waals surface area contributed by atoms with Crippen molar-refractivity contribution in [2.45, 2.75) is 46.7 Å². The maximum Gasteiger partial charge on any atom is 0.0597 e. The summed E-state index contributed by atoms with van der Waals surface area (Å²) in [5.74, 6) is 0. The van der Waals surface area contributed by atoms with Gasteiger partial charge in [-0.2, -0.15) is 5.10 Å². The van der Waals surface area contributed by atoms with Crippen LogP contribution in [0.15, 0.2) is 6.07 Å². The van der Waals surface area contributed by atoms with Crippen LogP contribution in [0.1, 0.15) is 38.1 Å². The molecule has 102 valence electrons. The topological polar surface area (TPSA) is 39.1 Å². The predicted octanol–water partition coefficient (Wildman–Crippen LogP) is 2.12. The summed E-state index contributed by atoms with van der Waals surface area (Å²) in [6.07, 6.45) is 2.32. The number of hydrogen-bond donors (Lipinski definition) is 1. The molecule has 1 aromatic heterocycles. The zero-order valence-corrected chi connectivity index (χ0v) is 11.8. The lowest BCUT2D eigenvalue weighted by Gasteiger charge is -2.33. The first-order valence-corrected chi connectivity index (χ1v) is 6.95. The second-order valence-electron chi connectivity index (χ2n) is 5.62. The van der Waals surface area contributed by atoms with Crippen LogP contribution in [0.4, 0.5) is 0 Å². The summed E-state index contributed by atoms with van der Waals surface area (Å²) >= 11 is 0. The Hall–Kier alpha value is -0.870. The van der Waals surface area contributed by atoms with Gasteiger partial charge in [0.05, 0.1) is 11.4 Å². The van der Waals surface area contributed by atoms with Gasteiger partial charge in [-0.25, -0.2) is 0 Å². The van der Waals surface area contributed by atoms with Gasteiger partial charge in [0.2, 0.25) is 0 Å². The van der Waals surface area contributed by atoms with Crippen molar-refractivity contribution in [1.29, 1.82) is 0 Å². The van der Waals surface area contributed by atoms with Crippen LogP contribution in [0.25, 0.3) is 0 Å². The molecule has 4 heteroatoms. The quantitative estimate of drug-likeness (QED) is 0.871. The summed E-state index contributed by atoms with van der Waals surface area (Å²) in [7, 11) is 0. The Morgan fingerprint density at radius 3 is 2.83 bits per heavy atom. The highest BCUT2D eigenvalue weighted by atomic mass is 16.5. The summed E-state index contributed by atoms with van der Waals surface area (Å²) < 4.78 is 7.51. The minimum atomic E-state index is 0.393. The van der Waals surface area contributed by atoms with E-state index in [9.17, 15) is 0 Å². The number of nitrogens with one attached hydrogen (secondary N) is 1. The van der Waals surface area contributed by atoms with Gasteiger partial charge in [-0.05, 0) is 38.2 Å². The first-order chi connectivity index (χ1) is 8.63. The summed E-state index contributed by atoms with van der Waals surface area (Å²) in [6.45, 7) is 11.3. The Morgan fingerprint density at radius 1 is 1.44 bits per heavy atom. The van der Waals surface area contributed by atoms with Crippen LogP contribution < -0.4 is 5.32 Å².